The molecular formula is C9H12O3S. The molecule has 0 bridgehead atoms. The summed E-state index contributed by atoms with van der Waals surface area (Å²) in [4.78, 5) is 0. The van der Waals surface area contributed by atoms with Crippen LogP contribution in [0.15, 0.2) is 23.0 Å². The predicted molar refractivity (Wildman–Crippen MR) is 50.7 cm³/mol. The van der Waals surface area contributed by atoms with Crippen LogP contribution in [-0.2, 0) is 4.74 Å². The minimum atomic E-state index is -0.549. The third-order valence-corrected chi connectivity index (χ3v) is 3.10. The van der Waals surface area contributed by atoms with Crippen LogP contribution in [0.1, 0.15) is 11.7 Å². The molecule has 0 spiro atoms. The first-order valence-electron chi connectivity index (χ1n) is 4.27. The van der Waals surface area contributed by atoms with E-state index in [0.29, 0.717) is 0 Å². The quantitative estimate of drug-likeness (QED) is 0.784. The van der Waals surface area contributed by atoms with Gasteiger partial charge in [-0.2, -0.15) is 11.8 Å². The van der Waals surface area contributed by atoms with Crippen molar-refractivity contribution >= 4 is 11.8 Å². The van der Waals surface area contributed by atoms with E-state index in [1.54, 1.807) is 18.6 Å². The van der Waals surface area contributed by atoms with Crippen LogP contribution in [0.5, 0.6) is 0 Å². The maximum Gasteiger partial charge on any atom is 0.109 e. The highest BCUT2D eigenvalue weighted by Crippen LogP contribution is 2.25. The Morgan fingerprint density at radius 3 is 3.15 bits per heavy atom. The van der Waals surface area contributed by atoms with Crippen molar-refractivity contribution in [2.24, 2.45) is 0 Å². The molecule has 1 aromatic heterocycles. The van der Waals surface area contributed by atoms with Gasteiger partial charge in [-0.05, 0) is 6.07 Å². The van der Waals surface area contributed by atoms with Crippen LogP contribution in [0.3, 0.4) is 0 Å². The molecule has 1 aliphatic rings. The molecule has 4 heteroatoms. The molecule has 2 rings (SSSR count). The molecule has 2 atom stereocenters. The van der Waals surface area contributed by atoms with Crippen molar-refractivity contribution in [3.8, 4) is 0 Å². The first kappa shape index (κ1) is 9.12. The minimum absolute atomic E-state index is 0.0867. The lowest BCUT2D eigenvalue weighted by Crippen LogP contribution is -2.29. The van der Waals surface area contributed by atoms with Gasteiger partial charge in [0, 0.05) is 17.1 Å². The van der Waals surface area contributed by atoms with Gasteiger partial charge in [0.1, 0.15) is 6.10 Å². The highest BCUT2D eigenvalue weighted by atomic mass is 32.2. The van der Waals surface area contributed by atoms with Gasteiger partial charge in [0.25, 0.3) is 0 Å². The molecule has 0 amide bonds. The molecule has 2 unspecified atom stereocenters. The summed E-state index contributed by atoms with van der Waals surface area (Å²) in [6, 6.07) is 1.77. The van der Waals surface area contributed by atoms with Crippen LogP contribution in [-0.4, -0.2) is 29.3 Å². The van der Waals surface area contributed by atoms with E-state index in [9.17, 15) is 5.11 Å². The van der Waals surface area contributed by atoms with E-state index in [-0.39, 0.29) is 6.10 Å². The van der Waals surface area contributed by atoms with Crippen molar-refractivity contribution in [1.29, 1.82) is 0 Å². The summed E-state index contributed by atoms with van der Waals surface area (Å²) in [6.07, 6.45) is 2.49. The average molecular weight is 200 g/mol. The Morgan fingerprint density at radius 2 is 2.54 bits per heavy atom. The molecule has 2 heterocycles. The first-order chi connectivity index (χ1) is 6.38. The Hall–Kier alpha value is -0.450. The zero-order valence-electron chi connectivity index (χ0n) is 7.18. The van der Waals surface area contributed by atoms with Crippen LogP contribution < -0.4 is 0 Å². The maximum absolute atomic E-state index is 9.84. The Labute approximate surface area is 81.1 Å². The number of aliphatic hydroxyl groups is 1. The number of aliphatic hydroxyl groups excluding tert-OH is 1. The third-order valence-electron chi connectivity index (χ3n) is 2.08. The fraction of sp³-hybridized carbons (Fsp3) is 0.556. The number of hydrogen-bond donors (Lipinski definition) is 1. The zero-order chi connectivity index (χ0) is 9.10. The van der Waals surface area contributed by atoms with Crippen molar-refractivity contribution in [2.45, 2.75) is 12.2 Å². The molecule has 1 aliphatic heterocycles. The van der Waals surface area contributed by atoms with Gasteiger partial charge in [-0.3, -0.25) is 0 Å². The van der Waals surface area contributed by atoms with Crippen LogP contribution >= 0.6 is 11.8 Å². The first-order valence-corrected chi connectivity index (χ1v) is 5.43. The van der Waals surface area contributed by atoms with Gasteiger partial charge in [0.2, 0.25) is 0 Å². The molecule has 0 aliphatic carbocycles. The van der Waals surface area contributed by atoms with Crippen molar-refractivity contribution < 1.29 is 14.3 Å². The van der Waals surface area contributed by atoms with Gasteiger partial charge in [-0.25, -0.2) is 0 Å². The fourth-order valence-electron chi connectivity index (χ4n) is 1.35. The molecule has 1 aromatic rings. The van der Waals surface area contributed by atoms with Crippen molar-refractivity contribution in [3.05, 3.63) is 24.2 Å². The van der Waals surface area contributed by atoms with Crippen LogP contribution in [0, 0.1) is 0 Å². The smallest absolute Gasteiger partial charge is 0.109 e. The van der Waals surface area contributed by atoms with Crippen molar-refractivity contribution in [1.82, 2.24) is 0 Å². The second-order valence-corrected chi connectivity index (χ2v) is 4.14. The summed E-state index contributed by atoms with van der Waals surface area (Å²) in [5, 5.41) is 9.84. The van der Waals surface area contributed by atoms with Crippen molar-refractivity contribution in [3.63, 3.8) is 0 Å². The van der Waals surface area contributed by atoms with E-state index >= 15 is 0 Å². The van der Waals surface area contributed by atoms with Gasteiger partial charge in [-0.1, -0.05) is 0 Å². The van der Waals surface area contributed by atoms with Gasteiger partial charge in [0.05, 0.1) is 25.2 Å². The lowest BCUT2D eigenvalue weighted by molar-refractivity contribution is -0.0229. The van der Waals surface area contributed by atoms with Gasteiger partial charge < -0.3 is 14.3 Å². The number of thioether (sulfide) groups is 1. The summed E-state index contributed by atoms with van der Waals surface area (Å²) < 4.78 is 10.4. The predicted octanol–water partition coefficient (Wildman–Crippen LogP) is 1.45. The number of hydrogen-bond acceptors (Lipinski definition) is 4. The van der Waals surface area contributed by atoms with Crippen molar-refractivity contribution in [2.75, 3.05) is 18.1 Å². The summed E-state index contributed by atoms with van der Waals surface area (Å²) in [6.45, 7) is 0.726. The molecular weight excluding hydrogens is 188 g/mol. The topological polar surface area (TPSA) is 42.6 Å². The molecule has 1 N–H and O–H groups in total. The van der Waals surface area contributed by atoms with Crippen LogP contribution in [0.25, 0.3) is 0 Å². The Balaban J connectivity index is 1.99. The fourth-order valence-corrected chi connectivity index (χ4v) is 2.24. The third kappa shape index (κ3) is 2.07. The monoisotopic (exact) mass is 200 g/mol. The normalized spacial score (nSPS) is 25.8. The highest BCUT2D eigenvalue weighted by molar-refractivity contribution is 7.99. The zero-order valence-corrected chi connectivity index (χ0v) is 8.00. The second kappa shape index (κ2) is 4.17. The number of furan rings is 1. The van der Waals surface area contributed by atoms with Gasteiger partial charge in [-0.15, -0.1) is 0 Å². The summed E-state index contributed by atoms with van der Waals surface area (Å²) in [7, 11) is 0. The largest absolute Gasteiger partial charge is 0.472 e. The van der Waals surface area contributed by atoms with E-state index in [0.717, 1.165) is 23.7 Å². The molecule has 1 fully saturated rings. The summed E-state index contributed by atoms with van der Waals surface area (Å²) in [5.74, 6) is 1.88. The minimum Gasteiger partial charge on any atom is -0.472 e. The maximum atomic E-state index is 9.84. The Morgan fingerprint density at radius 1 is 1.62 bits per heavy atom. The van der Waals surface area contributed by atoms with Crippen LogP contribution in [0.4, 0.5) is 0 Å². The van der Waals surface area contributed by atoms with E-state index in [2.05, 4.69) is 0 Å². The van der Waals surface area contributed by atoms with E-state index in [1.807, 2.05) is 11.8 Å². The van der Waals surface area contributed by atoms with Gasteiger partial charge in [0.15, 0.2) is 0 Å². The molecule has 3 nitrogen and oxygen atoms in total. The highest BCUT2D eigenvalue weighted by Gasteiger charge is 2.24. The molecule has 0 saturated carbocycles. The summed E-state index contributed by atoms with van der Waals surface area (Å²) >= 11 is 1.81. The Bertz CT molecular complexity index is 241. The van der Waals surface area contributed by atoms with E-state index in [4.69, 9.17) is 9.15 Å². The standard InChI is InChI=1S/C9H12O3S/c10-9(7-1-2-11-5-7)8-6-13-4-3-12-8/h1-2,5,8-10H,3-4,6H2. The molecule has 13 heavy (non-hydrogen) atoms. The SMILES string of the molecule is OC(c1ccoc1)C1CSCCO1. The molecule has 0 radical (unpaired) electrons. The van der Waals surface area contributed by atoms with E-state index in [1.165, 1.54) is 0 Å². The lowest BCUT2D eigenvalue weighted by Gasteiger charge is -2.25. The second-order valence-electron chi connectivity index (χ2n) is 2.99. The summed E-state index contributed by atoms with van der Waals surface area (Å²) in [5.41, 5.74) is 0.799. The molecule has 1 saturated heterocycles. The van der Waals surface area contributed by atoms with Crippen LogP contribution in [0.2, 0.25) is 0 Å². The number of ether oxygens (including phenoxy) is 1. The number of rotatable bonds is 2. The Kier molecular flexibility index (Phi) is 2.93. The molecule has 72 valence electrons. The van der Waals surface area contributed by atoms with Gasteiger partial charge >= 0.3 is 0 Å². The molecule has 0 aromatic carbocycles. The lowest BCUT2D eigenvalue weighted by atomic mass is 10.1. The van der Waals surface area contributed by atoms with E-state index < -0.39 is 6.10 Å². The average Bonchev–Trinajstić information content (AvgIpc) is 2.71.